The normalized spacial score (nSPS) is 25.5. The van der Waals surface area contributed by atoms with Gasteiger partial charge in [-0.15, -0.1) is 0 Å². The zero-order valence-corrected chi connectivity index (χ0v) is 16.0. The lowest BCUT2D eigenvalue weighted by Crippen LogP contribution is -2.46. The van der Waals surface area contributed by atoms with Crippen LogP contribution < -0.4 is 5.32 Å². The average molecular weight is 344 g/mol. The highest BCUT2D eigenvalue weighted by Gasteiger charge is 2.40. The van der Waals surface area contributed by atoms with E-state index < -0.39 is 5.60 Å². The number of amides is 1. The smallest absolute Gasteiger partial charge is 0.410 e. The Hall–Kier alpha value is -1.55. The lowest BCUT2D eigenvalue weighted by Gasteiger charge is -2.36. The molecule has 0 radical (unpaired) electrons. The number of piperidine rings is 1. The largest absolute Gasteiger partial charge is 0.444 e. The van der Waals surface area contributed by atoms with Gasteiger partial charge in [0, 0.05) is 31.1 Å². The molecule has 0 aromatic heterocycles. The Morgan fingerprint density at radius 3 is 2.44 bits per heavy atom. The number of likely N-dealkylation sites (tertiary alicyclic amines) is 1. The second kappa shape index (κ2) is 7.36. The Bertz CT molecular complexity index is 573. The van der Waals surface area contributed by atoms with E-state index in [1.165, 1.54) is 12.0 Å². The van der Waals surface area contributed by atoms with E-state index in [0.29, 0.717) is 23.9 Å². The van der Waals surface area contributed by atoms with Gasteiger partial charge in [-0.3, -0.25) is 0 Å². The molecule has 25 heavy (non-hydrogen) atoms. The molecule has 3 atom stereocenters. The summed E-state index contributed by atoms with van der Waals surface area (Å²) in [4.78, 5) is 14.0. The molecule has 1 saturated carbocycles. The number of carbonyl (C=O) groups is 1. The van der Waals surface area contributed by atoms with Crippen molar-refractivity contribution in [3.8, 4) is 0 Å². The molecule has 1 saturated heterocycles. The third-order valence-corrected chi connectivity index (χ3v) is 5.39. The second-order valence-electron chi connectivity index (χ2n) is 8.62. The number of carbonyl (C=O) groups excluding carboxylic acids is 1. The van der Waals surface area contributed by atoms with Gasteiger partial charge in [-0.25, -0.2) is 4.79 Å². The van der Waals surface area contributed by atoms with Gasteiger partial charge in [0.1, 0.15) is 5.60 Å². The first-order valence-electron chi connectivity index (χ1n) is 9.62. The topological polar surface area (TPSA) is 41.6 Å². The van der Waals surface area contributed by atoms with Crippen LogP contribution in [0.4, 0.5) is 4.79 Å². The first-order chi connectivity index (χ1) is 11.8. The molecule has 0 bridgehead atoms. The number of rotatable bonds is 4. The van der Waals surface area contributed by atoms with Crippen LogP contribution in [0.5, 0.6) is 0 Å². The highest BCUT2D eigenvalue weighted by Crippen LogP contribution is 2.41. The molecule has 0 spiro atoms. The minimum atomic E-state index is -0.415. The molecular weight excluding hydrogens is 312 g/mol. The van der Waals surface area contributed by atoms with E-state index in [-0.39, 0.29) is 6.09 Å². The summed E-state index contributed by atoms with van der Waals surface area (Å²) in [5.74, 6) is 1.31. The zero-order chi connectivity index (χ0) is 18.0. The summed E-state index contributed by atoms with van der Waals surface area (Å²) in [7, 11) is 0. The SMILES string of the molecule is CC(N[C@H]1C[C@@H]1c1ccccc1)C1CCN(C(=O)OC(C)(C)C)CC1. The first kappa shape index (κ1) is 18.2. The van der Waals surface area contributed by atoms with Gasteiger partial charge < -0.3 is 15.0 Å². The third-order valence-electron chi connectivity index (χ3n) is 5.39. The van der Waals surface area contributed by atoms with Crippen molar-refractivity contribution in [1.29, 1.82) is 0 Å². The number of benzene rings is 1. The van der Waals surface area contributed by atoms with Crippen molar-refractivity contribution in [2.75, 3.05) is 13.1 Å². The minimum absolute atomic E-state index is 0.169. The third kappa shape index (κ3) is 4.97. The predicted octanol–water partition coefficient (Wildman–Crippen LogP) is 4.17. The Morgan fingerprint density at radius 1 is 1.20 bits per heavy atom. The Labute approximate surface area is 151 Å². The van der Waals surface area contributed by atoms with Gasteiger partial charge in [-0.1, -0.05) is 30.3 Å². The molecule has 1 heterocycles. The van der Waals surface area contributed by atoms with Gasteiger partial charge in [0.15, 0.2) is 0 Å². The molecule has 2 fully saturated rings. The van der Waals surface area contributed by atoms with Crippen molar-refractivity contribution >= 4 is 6.09 Å². The van der Waals surface area contributed by atoms with Gasteiger partial charge in [-0.05, 0) is 58.4 Å². The lowest BCUT2D eigenvalue weighted by molar-refractivity contribution is 0.0171. The van der Waals surface area contributed by atoms with Crippen molar-refractivity contribution in [2.24, 2.45) is 5.92 Å². The van der Waals surface area contributed by atoms with E-state index >= 15 is 0 Å². The Morgan fingerprint density at radius 2 is 1.84 bits per heavy atom. The van der Waals surface area contributed by atoms with E-state index in [4.69, 9.17) is 4.74 Å². The maximum Gasteiger partial charge on any atom is 0.410 e. The Balaban J connectivity index is 1.42. The molecule has 4 nitrogen and oxygen atoms in total. The summed E-state index contributed by atoms with van der Waals surface area (Å²) in [6, 6.07) is 11.9. The van der Waals surface area contributed by atoms with Crippen LogP contribution in [0.25, 0.3) is 0 Å². The summed E-state index contributed by atoms with van der Waals surface area (Å²) in [6.07, 6.45) is 3.18. The van der Waals surface area contributed by atoms with Crippen molar-refractivity contribution in [1.82, 2.24) is 10.2 Å². The maximum absolute atomic E-state index is 12.2. The standard InChI is InChI=1S/C21H32N2O2/c1-15(22-19-14-18(19)17-8-6-5-7-9-17)16-10-12-23(13-11-16)20(24)25-21(2,3)4/h5-9,15-16,18-19,22H,10-14H2,1-4H3/t15?,18-,19+/m1/s1. The molecule has 4 heteroatoms. The summed E-state index contributed by atoms with van der Waals surface area (Å²) >= 11 is 0. The second-order valence-corrected chi connectivity index (χ2v) is 8.62. The van der Waals surface area contributed by atoms with Crippen molar-refractivity contribution < 1.29 is 9.53 Å². The van der Waals surface area contributed by atoms with Crippen molar-refractivity contribution in [3.05, 3.63) is 35.9 Å². The maximum atomic E-state index is 12.2. The molecule has 2 aliphatic rings. The van der Waals surface area contributed by atoms with Crippen molar-refractivity contribution in [3.63, 3.8) is 0 Å². The molecule has 138 valence electrons. The van der Waals surface area contributed by atoms with Crippen LogP contribution in [0.1, 0.15) is 58.4 Å². The summed E-state index contributed by atoms with van der Waals surface area (Å²) < 4.78 is 5.48. The number of ether oxygens (including phenoxy) is 1. The minimum Gasteiger partial charge on any atom is -0.444 e. The average Bonchev–Trinajstić information content (AvgIpc) is 3.33. The fraction of sp³-hybridized carbons (Fsp3) is 0.667. The van der Waals surface area contributed by atoms with E-state index in [9.17, 15) is 4.79 Å². The van der Waals surface area contributed by atoms with Crippen LogP contribution in [-0.2, 0) is 4.74 Å². The Kier molecular flexibility index (Phi) is 5.38. The van der Waals surface area contributed by atoms with Crippen LogP contribution >= 0.6 is 0 Å². The van der Waals surface area contributed by atoms with Crippen LogP contribution in [0, 0.1) is 5.92 Å². The summed E-state index contributed by atoms with van der Waals surface area (Å²) in [6.45, 7) is 9.66. The predicted molar refractivity (Wildman–Crippen MR) is 101 cm³/mol. The quantitative estimate of drug-likeness (QED) is 0.891. The number of nitrogens with zero attached hydrogens (tertiary/aromatic N) is 1. The fourth-order valence-corrected chi connectivity index (χ4v) is 3.83. The van der Waals surface area contributed by atoms with Gasteiger partial charge in [0.25, 0.3) is 0 Å². The van der Waals surface area contributed by atoms with Crippen LogP contribution in [0.3, 0.4) is 0 Å². The summed E-state index contributed by atoms with van der Waals surface area (Å²) in [5.41, 5.74) is 1.04. The highest BCUT2D eigenvalue weighted by atomic mass is 16.6. The van der Waals surface area contributed by atoms with Crippen molar-refractivity contribution in [2.45, 2.75) is 70.6 Å². The van der Waals surface area contributed by atoms with E-state index in [0.717, 1.165) is 25.9 Å². The number of hydrogen-bond donors (Lipinski definition) is 1. The van der Waals surface area contributed by atoms with Gasteiger partial charge in [0.05, 0.1) is 0 Å². The molecule has 1 amide bonds. The molecule has 1 aliphatic carbocycles. The van der Waals surface area contributed by atoms with Crippen LogP contribution in [0.2, 0.25) is 0 Å². The lowest BCUT2D eigenvalue weighted by atomic mass is 9.90. The van der Waals surface area contributed by atoms with E-state index in [1.807, 2.05) is 25.7 Å². The van der Waals surface area contributed by atoms with Crippen LogP contribution in [0.15, 0.2) is 30.3 Å². The van der Waals surface area contributed by atoms with E-state index in [2.05, 4.69) is 42.6 Å². The van der Waals surface area contributed by atoms with Gasteiger partial charge in [0.2, 0.25) is 0 Å². The van der Waals surface area contributed by atoms with Gasteiger partial charge >= 0.3 is 6.09 Å². The molecular formula is C21H32N2O2. The molecule has 3 rings (SSSR count). The van der Waals surface area contributed by atoms with Crippen LogP contribution in [-0.4, -0.2) is 41.8 Å². The molecule has 1 aromatic rings. The molecule has 1 aromatic carbocycles. The number of hydrogen-bond acceptors (Lipinski definition) is 3. The summed E-state index contributed by atoms with van der Waals surface area (Å²) in [5, 5.41) is 3.82. The monoisotopic (exact) mass is 344 g/mol. The zero-order valence-electron chi connectivity index (χ0n) is 16.0. The molecule has 1 aliphatic heterocycles. The highest BCUT2D eigenvalue weighted by molar-refractivity contribution is 5.68. The number of nitrogens with one attached hydrogen (secondary N) is 1. The molecule has 1 unspecified atom stereocenters. The fourth-order valence-electron chi connectivity index (χ4n) is 3.83. The van der Waals surface area contributed by atoms with Gasteiger partial charge in [-0.2, -0.15) is 0 Å². The molecule has 1 N–H and O–H groups in total. The van der Waals surface area contributed by atoms with E-state index in [1.54, 1.807) is 0 Å². The first-order valence-corrected chi connectivity index (χ1v) is 9.62.